The van der Waals surface area contributed by atoms with Gasteiger partial charge in [0.05, 0.1) is 0 Å². The number of allylic oxidation sites excluding steroid dienone is 2. The smallest absolute Gasteiger partial charge is 0.0728 e. The molecule has 0 radical (unpaired) electrons. The lowest BCUT2D eigenvalue weighted by Gasteiger charge is -2.18. The van der Waals surface area contributed by atoms with Crippen molar-refractivity contribution in [3.8, 4) is 0 Å². The van der Waals surface area contributed by atoms with E-state index in [1.54, 1.807) is 0 Å². The Morgan fingerprint density at radius 2 is 1.38 bits per heavy atom. The Hall–Kier alpha value is -0.390. The van der Waals surface area contributed by atoms with E-state index in [0.717, 1.165) is 0 Å². The van der Waals surface area contributed by atoms with Gasteiger partial charge in [-0.2, -0.15) is 0 Å². The van der Waals surface area contributed by atoms with Crippen LogP contribution in [0.25, 0.3) is 0 Å². The van der Waals surface area contributed by atoms with Gasteiger partial charge in [0.2, 0.25) is 0 Å². The summed E-state index contributed by atoms with van der Waals surface area (Å²) in [5, 5.41) is 0. The van der Waals surface area contributed by atoms with E-state index in [2.05, 4.69) is 34.6 Å². The van der Waals surface area contributed by atoms with Crippen molar-refractivity contribution in [3.05, 3.63) is 17.1 Å². The molecular formula is C8H15-. The van der Waals surface area contributed by atoms with Crippen LogP contribution in [0.3, 0.4) is 0 Å². The molecule has 0 N–H and O–H groups in total. The third-order valence-corrected chi connectivity index (χ3v) is 1.50. The highest BCUT2D eigenvalue weighted by atomic mass is 14.0. The fourth-order valence-electron chi connectivity index (χ4n) is 0.500. The topological polar surface area (TPSA) is 0 Å². The summed E-state index contributed by atoms with van der Waals surface area (Å²) in [4.78, 5) is 0. The second-order valence-electron chi connectivity index (χ2n) is 2.62. The fraction of sp³-hybridized carbons (Fsp3) is 0.625. The van der Waals surface area contributed by atoms with Crippen molar-refractivity contribution in [2.75, 3.05) is 0 Å². The van der Waals surface area contributed by atoms with Gasteiger partial charge in [-0.3, -0.25) is 0 Å². The maximum Gasteiger partial charge on any atom is -0.0728 e. The Morgan fingerprint density at radius 1 is 1.00 bits per heavy atom. The van der Waals surface area contributed by atoms with Crippen LogP contribution in [-0.2, 0) is 0 Å². The number of hydrogen-bond donors (Lipinski definition) is 0. The highest BCUT2D eigenvalue weighted by Crippen LogP contribution is 2.14. The van der Waals surface area contributed by atoms with Gasteiger partial charge in [-0.05, 0) is 0 Å². The third-order valence-electron chi connectivity index (χ3n) is 1.50. The second-order valence-corrected chi connectivity index (χ2v) is 2.62. The van der Waals surface area contributed by atoms with Gasteiger partial charge in [0.25, 0.3) is 0 Å². The minimum Gasteiger partial charge on any atom is -0.219 e. The molecule has 0 saturated carbocycles. The molecule has 0 atom stereocenters. The van der Waals surface area contributed by atoms with Crippen LogP contribution >= 0.6 is 0 Å². The summed E-state index contributed by atoms with van der Waals surface area (Å²) in [5.74, 6) is 1.42. The summed E-state index contributed by atoms with van der Waals surface area (Å²) in [5.41, 5.74) is 2.86. The average Bonchev–Trinajstić information content (AvgIpc) is 1.64. The van der Waals surface area contributed by atoms with Crippen molar-refractivity contribution < 1.29 is 0 Å². The maximum atomic E-state index is 2.16. The van der Waals surface area contributed by atoms with E-state index < -0.39 is 0 Å². The normalized spacial score (nSPS) is 8.62. The molecule has 0 amide bonds. The van der Waals surface area contributed by atoms with Crippen molar-refractivity contribution in [2.45, 2.75) is 34.6 Å². The number of hydrogen-bond acceptors (Lipinski definition) is 0. The average molecular weight is 111 g/mol. The molecule has 0 unspecified atom stereocenters. The Labute approximate surface area is 52.6 Å². The Morgan fingerprint density at radius 3 is 1.38 bits per heavy atom. The Bertz CT molecular complexity index is 92.6. The summed E-state index contributed by atoms with van der Waals surface area (Å²) in [6, 6.07) is 0. The van der Waals surface area contributed by atoms with E-state index in [9.17, 15) is 0 Å². The van der Waals surface area contributed by atoms with Gasteiger partial charge in [-0.25, -0.2) is 17.1 Å². The van der Waals surface area contributed by atoms with Crippen molar-refractivity contribution in [1.29, 1.82) is 0 Å². The van der Waals surface area contributed by atoms with E-state index in [-0.39, 0.29) is 0 Å². The molecule has 0 aromatic rings. The zero-order chi connectivity index (χ0) is 6.73. The summed E-state index contributed by atoms with van der Waals surface area (Å²) in [6.45, 7) is 10.7. The minimum atomic E-state index is 1.42. The molecular weight excluding hydrogens is 96.1 g/mol. The van der Waals surface area contributed by atoms with Crippen LogP contribution in [0, 0.1) is 5.92 Å². The molecule has 0 saturated heterocycles. The van der Waals surface area contributed by atoms with E-state index in [0.29, 0.717) is 0 Å². The van der Waals surface area contributed by atoms with Gasteiger partial charge >= 0.3 is 0 Å². The first-order chi connectivity index (χ1) is 3.55. The van der Waals surface area contributed by atoms with Crippen LogP contribution in [-0.4, -0.2) is 0 Å². The molecule has 8 heavy (non-hydrogen) atoms. The van der Waals surface area contributed by atoms with E-state index in [1.165, 1.54) is 17.1 Å². The summed E-state index contributed by atoms with van der Waals surface area (Å²) in [7, 11) is 0. The van der Waals surface area contributed by atoms with Crippen molar-refractivity contribution in [1.82, 2.24) is 0 Å². The van der Waals surface area contributed by atoms with Gasteiger partial charge in [0.15, 0.2) is 0 Å². The largest absolute Gasteiger partial charge is 0.219 e. The monoisotopic (exact) mass is 111 g/mol. The third kappa shape index (κ3) is 2.06. The van der Waals surface area contributed by atoms with E-state index in [1.807, 2.05) is 0 Å². The van der Waals surface area contributed by atoms with Crippen molar-refractivity contribution in [3.63, 3.8) is 0 Å². The lowest BCUT2D eigenvalue weighted by atomic mass is 10.0. The molecule has 0 bridgehead atoms. The van der Waals surface area contributed by atoms with Gasteiger partial charge in [0, 0.05) is 0 Å². The van der Waals surface area contributed by atoms with Gasteiger partial charge in [-0.1, -0.05) is 6.92 Å². The first-order valence-corrected chi connectivity index (χ1v) is 3.00. The lowest BCUT2D eigenvalue weighted by molar-refractivity contribution is 1.07. The quantitative estimate of drug-likeness (QED) is 0.456. The molecule has 0 aliphatic rings. The molecule has 0 heterocycles. The van der Waals surface area contributed by atoms with Crippen LogP contribution in [0.2, 0.25) is 0 Å². The van der Waals surface area contributed by atoms with Gasteiger partial charge in [-0.15, -0.1) is 27.7 Å². The number of rotatable bonds is 1. The Kier molecular flexibility index (Phi) is 2.67. The zero-order valence-corrected chi connectivity index (χ0v) is 6.50. The molecule has 0 aromatic carbocycles. The van der Waals surface area contributed by atoms with E-state index >= 15 is 0 Å². The van der Waals surface area contributed by atoms with Crippen LogP contribution in [0.4, 0.5) is 0 Å². The first kappa shape index (κ1) is 7.61. The predicted octanol–water partition coefficient (Wildman–Crippen LogP) is 2.96. The van der Waals surface area contributed by atoms with Gasteiger partial charge < -0.3 is 0 Å². The van der Waals surface area contributed by atoms with Crippen LogP contribution in [0.15, 0.2) is 11.1 Å². The summed E-state index contributed by atoms with van der Waals surface area (Å²) in [6.07, 6.45) is 0. The molecule has 48 valence electrons. The highest BCUT2D eigenvalue weighted by Gasteiger charge is 1.82. The van der Waals surface area contributed by atoms with Crippen LogP contribution in [0.1, 0.15) is 34.6 Å². The fourth-order valence-corrected chi connectivity index (χ4v) is 0.500. The molecule has 0 nitrogen and oxygen atoms in total. The minimum absolute atomic E-state index is 1.42. The van der Waals surface area contributed by atoms with Gasteiger partial charge in [0.1, 0.15) is 0 Å². The molecule has 0 fully saturated rings. The molecule has 0 aromatic heterocycles. The van der Waals surface area contributed by atoms with Crippen molar-refractivity contribution >= 4 is 0 Å². The van der Waals surface area contributed by atoms with Crippen LogP contribution in [0.5, 0.6) is 0 Å². The SMILES string of the molecule is CC(C)=C(C)[C-](C)C. The summed E-state index contributed by atoms with van der Waals surface area (Å²) >= 11 is 0. The highest BCUT2D eigenvalue weighted by molar-refractivity contribution is 5.22. The molecule has 0 spiro atoms. The lowest BCUT2D eigenvalue weighted by Crippen LogP contribution is -1.87. The van der Waals surface area contributed by atoms with E-state index in [4.69, 9.17) is 0 Å². The first-order valence-electron chi connectivity index (χ1n) is 3.00. The summed E-state index contributed by atoms with van der Waals surface area (Å²) < 4.78 is 0. The zero-order valence-electron chi connectivity index (χ0n) is 6.50. The molecule has 0 aliphatic carbocycles. The molecule has 0 aliphatic heterocycles. The van der Waals surface area contributed by atoms with Crippen LogP contribution < -0.4 is 0 Å². The molecule has 0 rings (SSSR count). The second kappa shape index (κ2) is 2.81. The predicted molar refractivity (Wildman–Crippen MR) is 38.6 cm³/mol. The van der Waals surface area contributed by atoms with Crippen molar-refractivity contribution in [2.24, 2.45) is 0 Å². The maximum absolute atomic E-state index is 2.16. The molecule has 0 heteroatoms. The standard InChI is InChI=1S/C8H15/c1-6(2)8(5)7(3)4/h1-5H3/q-1. The Balaban J connectivity index is 4.00.